The van der Waals surface area contributed by atoms with Crippen molar-refractivity contribution in [3.05, 3.63) is 28.2 Å². The number of halogens is 1. The fourth-order valence-corrected chi connectivity index (χ4v) is 2.43. The van der Waals surface area contributed by atoms with Crippen molar-refractivity contribution in [1.29, 1.82) is 0 Å². The molecule has 1 aromatic rings. The van der Waals surface area contributed by atoms with Gasteiger partial charge in [0.25, 0.3) is 0 Å². The van der Waals surface area contributed by atoms with E-state index in [0.717, 1.165) is 15.8 Å². The van der Waals surface area contributed by atoms with Crippen molar-refractivity contribution in [2.24, 2.45) is 0 Å². The Hall–Kier alpha value is -1.23. The van der Waals surface area contributed by atoms with Gasteiger partial charge in [-0.25, -0.2) is 4.79 Å². The predicted molar refractivity (Wildman–Crippen MR) is 71.7 cm³/mol. The molecule has 1 aliphatic heterocycles. The van der Waals surface area contributed by atoms with Crippen LogP contribution in [0.5, 0.6) is 5.75 Å². The molecule has 1 heterocycles. The summed E-state index contributed by atoms with van der Waals surface area (Å²) in [6.45, 7) is 5.93. The van der Waals surface area contributed by atoms with Gasteiger partial charge in [-0.1, -0.05) is 22.0 Å². The van der Waals surface area contributed by atoms with Crippen molar-refractivity contribution in [2.45, 2.75) is 32.4 Å². The zero-order chi connectivity index (χ0) is 13.3. The lowest BCUT2D eigenvalue weighted by Crippen LogP contribution is -2.35. The molecule has 0 aromatic heterocycles. The van der Waals surface area contributed by atoms with Crippen molar-refractivity contribution >= 4 is 22.0 Å². The van der Waals surface area contributed by atoms with Gasteiger partial charge in [-0.2, -0.15) is 0 Å². The zero-order valence-corrected chi connectivity index (χ0v) is 12.2. The van der Waals surface area contributed by atoms with E-state index >= 15 is 0 Å². The normalized spacial score (nSPS) is 17.9. The molecule has 1 atom stereocenters. The minimum absolute atomic E-state index is 0.176. The highest BCUT2D eigenvalue weighted by atomic mass is 79.9. The second-order valence-electron chi connectivity index (χ2n) is 5.16. The lowest BCUT2D eigenvalue weighted by molar-refractivity contribution is 0.0496. The molecule has 2 rings (SSSR count). The van der Waals surface area contributed by atoms with Crippen LogP contribution in [0.3, 0.4) is 0 Å². The molecular weight excluding hydrogens is 298 g/mol. The largest absolute Gasteiger partial charge is 0.491 e. The number of nitrogens with one attached hydrogen (secondary N) is 1. The van der Waals surface area contributed by atoms with Gasteiger partial charge < -0.3 is 14.8 Å². The van der Waals surface area contributed by atoms with Crippen LogP contribution in [0.2, 0.25) is 0 Å². The molecule has 1 unspecified atom stereocenters. The molecule has 1 N–H and O–H groups in total. The predicted octanol–water partition coefficient (Wildman–Crippen LogP) is 3.41. The molecule has 98 valence electrons. The van der Waals surface area contributed by atoms with E-state index in [-0.39, 0.29) is 6.04 Å². The Bertz CT molecular complexity index is 468. The van der Waals surface area contributed by atoms with Gasteiger partial charge in [0.15, 0.2) is 0 Å². The molecule has 18 heavy (non-hydrogen) atoms. The highest BCUT2D eigenvalue weighted by Crippen LogP contribution is 2.37. The lowest BCUT2D eigenvalue weighted by Gasteiger charge is -2.21. The molecule has 0 saturated carbocycles. The molecule has 5 heteroatoms. The fraction of sp³-hybridized carbons (Fsp3) is 0.462. The van der Waals surface area contributed by atoms with Crippen molar-refractivity contribution < 1.29 is 14.3 Å². The highest BCUT2D eigenvalue weighted by molar-refractivity contribution is 9.10. The number of hydrogen-bond acceptors (Lipinski definition) is 3. The van der Waals surface area contributed by atoms with E-state index < -0.39 is 11.7 Å². The molecule has 0 radical (unpaired) electrons. The molecule has 1 aromatic carbocycles. The van der Waals surface area contributed by atoms with E-state index in [9.17, 15) is 4.79 Å². The summed E-state index contributed by atoms with van der Waals surface area (Å²) >= 11 is 3.47. The van der Waals surface area contributed by atoms with E-state index in [1.165, 1.54) is 0 Å². The molecule has 4 nitrogen and oxygen atoms in total. The molecule has 0 fully saturated rings. The number of rotatable bonds is 1. The van der Waals surface area contributed by atoms with Crippen LogP contribution >= 0.6 is 15.9 Å². The van der Waals surface area contributed by atoms with Gasteiger partial charge in [0.05, 0.1) is 6.04 Å². The molecule has 0 saturated heterocycles. The van der Waals surface area contributed by atoms with Gasteiger partial charge >= 0.3 is 6.09 Å². The third-order valence-electron chi connectivity index (χ3n) is 2.46. The quantitative estimate of drug-likeness (QED) is 0.864. The Labute approximate surface area is 115 Å². The molecular formula is C13H16BrNO3. The van der Waals surface area contributed by atoms with E-state index in [4.69, 9.17) is 9.47 Å². The molecule has 1 amide bonds. The number of fused-ring (bicyclic) bond motifs is 1. The minimum atomic E-state index is -0.500. The Kier molecular flexibility index (Phi) is 3.52. The average Bonchev–Trinajstić information content (AvgIpc) is 2.59. The average molecular weight is 314 g/mol. The maximum atomic E-state index is 11.7. The third-order valence-corrected chi connectivity index (χ3v) is 3.15. The molecule has 0 aliphatic carbocycles. The first-order chi connectivity index (χ1) is 8.37. The van der Waals surface area contributed by atoms with Gasteiger partial charge in [0.1, 0.15) is 18.0 Å². The Morgan fingerprint density at radius 1 is 1.50 bits per heavy atom. The fourth-order valence-electron chi connectivity index (χ4n) is 1.80. The second-order valence-corrected chi connectivity index (χ2v) is 6.02. The summed E-state index contributed by atoms with van der Waals surface area (Å²) in [6.07, 6.45) is -0.431. The second kappa shape index (κ2) is 4.80. The van der Waals surface area contributed by atoms with Crippen molar-refractivity contribution in [2.75, 3.05) is 6.61 Å². The maximum Gasteiger partial charge on any atom is 0.408 e. The topological polar surface area (TPSA) is 47.6 Å². The van der Waals surface area contributed by atoms with Crippen molar-refractivity contribution in [3.8, 4) is 5.75 Å². The van der Waals surface area contributed by atoms with Crippen LogP contribution in [0, 0.1) is 0 Å². The van der Waals surface area contributed by atoms with Gasteiger partial charge in [0.2, 0.25) is 0 Å². The van der Waals surface area contributed by atoms with Gasteiger partial charge in [-0.3, -0.25) is 0 Å². The first kappa shape index (κ1) is 13.2. The van der Waals surface area contributed by atoms with E-state index in [0.29, 0.717) is 6.61 Å². The van der Waals surface area contributed by atoms with E-state index in [2.05, 4.69) is 21.2 Å². The minimum Gasteiger partial charge on any atom is -0.491 e. The Morgan fingerprint density at radius 3 is 2.89 bits per heavy atom. The number of amides is 1. The number of carbonyl (C=O) groups is 1. The number of alkyl carbamates (subject to hydrolysis) is 1. The zero-order valence-electron chi connectivity index (χ0n) is 10.6. The molecule has 0 spiro atoms. The Balaban J connectivity index is 2.08. The number of ether oxygens (including phenoxy) is 2. The lowest BCUT2D eigenvalue weighted by atomic mass is 10.1. The van der Waals surface area contributed by atoms with E-state index in [1.807, 2.05) is 39.0 Å². The summed E-state index contributed by atoms with van der Waals surface area (Å²) in [5, 5.41) is 2.82. The van der Waals surface area contributed by atoms with Gasteiger partial charge in [-0.05, 0) is 32.9 Å². The summed E-state index contributed by atoms with van der Waals surface area (Å²) in [4.78, 5) is 11.7. The van der Waals surface area contributed by atoms with Crippen LogP contribution in [0.15, 0.2) is 22.7 Å². The smallest absolute Gasteiger partial charge is 0.408 e. The summed E-state index contributed by atoms with van der Waals surface area (Å²) in [6, 6.07) is 5.54. The van der Waals surface area contributed by atoms with Gasteiger partial charge in [0, 0.05) is 10.0 Å². The highest BCUT2D eigenvalue weighted by Gasteiger charge is 2.29. The number of carbonyl (C=O) groups excluding carboxylic acids is 1. The first-order valence-corrected chi connectivity index (χ1v) is 6.57. The number of benzene rings is 1. The van der Waals surface area contributed by atoms with Crippen molar-refractivity contribution in [3.63, 3.8) is 0 Å². The SMILES string of the molecule is CC(C)(C)OC(=O)NC1COc2cccc(Br)c21. The maximum absolute atomic E-state index is 11.7. The summed E-state index contributed by atoms with van der Waals surface area (Å²) < 4.78 is 11.7. The van der Waals surface area contributed by atoms with Crippen LogP contribution in [0.25, 0.3) is 0 Å². The van der Waals surface area contributed by atoms with Crippen LogP contribution < -0.4 is 10.1 Å². The first-order valence-electron chi connectivity index (χ1n) is 5.77. The third kappa shape index (κ3) is 2.96. The van der Waals surface area contributed by atoms with Crippen LogP contribution in [0.4, 0.5) is 4.79 Å². The molecule has 1 aliphatic rings. The van der Waals surface area contributed by atoms with Crippen LogP contribution in [-0.4, -0.2) is 18.3 Å². The van der Waals surface area contributed by atoms with Crippen molar-refractivity contribution in [1.82, 2.24) is 5.32 Å². The molecule has 0 bridgehead atoms. The monoisotopic (exact) mass is 313 g/mol. The van der Waals surface area contributed by atoms with E-state index in [1.54, 1.807) is 0 Å². The van der Waals surface area contributed by atoms with Crippen LogP contribution in [0.1, 0.15) is 32.4 Å². The summed E-state index contributed by atoms with van der Waals surface area (Å²) in [7, 11) is 0. The summed E-state index contributed by atoms with van der Waals surface area (Å²) in [5.74, 6) is 0.797. The standard InChI is InChI=1S/C13H16BrNO3/c1-13(2,3)18-12(16)15-9-7-17-10-6-4-5-8(14)11(9)10/h4-6,9H,7H2,1-3H3,(H,15,16). The van der Waals surface area contributed by atoms with Crippen LogP contribution in [-0.2, 0) is 4.74 Å². The Morgan fingerprint density at radius 2 is 2.22 bits per heavy atom. The number of hydrogen-bond donors (Lipinski definition) is 1. The summed E-state index contributed by atoms with van der Waals surface area (Å²) in [5.41, 5.74) is 0.462. The van der Waals surface area contributed by atoms with Gasteiger partial charge in [-0.15, -0.1) is 0 Å².